The summed E-state index contributed by atoms with van der Waals surface area (Å²) in [5.74, 6) is 2.13. The third kappa shape index (κ3) is 3.87. The Morgan fingerprint density at radius 2 is 2.19 bits per heavy atom. The highest BCUT2D eigenvalue weighted by Gasteiger charge is 2.30. The van der Waals surface area contributed by atoms with Crippen LogP contribution in [0.1, 0.15) is 43.8 Å². The summed E-state index contributed by atoms with van der Waals surface area (Å²) >= 11 is 1.37. The Balaban J connectivity index is 2.03. The fraction of sp³-hybridized carbons (Fsp3) is 0.733. The van der Waals surface area contributed by atoms with Gasteiger partial charge in [0.2, 0.25) is 0 Å². The van der Waals surface area contributed by atoms with Crippen molar-refractivity contribution in [1.82, 2.24) is 9.88 Å². The number of rotatable bonds is 5. The van der Waals surface area contributed by atoms with Crippen LogP contribution in [0.25, 0.3) is 0 Å². The number of nitrogens with zero attached hydrogens (tertiary/aromatic N) is 2. The number of carbonyl (C=O) groups is 1. The largest absolute Gasteiger partial charge is 0.382 e. The maximum Gasteiger partial charge on any atom is 0.267 e. The van der Waals surface area contributed by atoms with Crippen LogP contribution in [0.3, 0.4) is 0 Å². The van der Waals surface area contributed by atoms with Gasteiger partial charge in [-0.15, -0.1) is 0 Å². The third-order valence-corrected chi connectivity index (χ3v) is 4.98. The van der Waals surface area contributed by atoms with Crippen LogP contribution in [-0.2, 0) is 0 Å². The second-order valence-corrected chi connectivity index (χ2v) is 7.55. The number of aromatic nitrogens is 1. The van der Waals surface area contributed by atoms with Gasteiger partial charge in [0.1, 0.15) is 10.7 Å². The molecule has 0 aromatic carbocycles. The lowest BCUT2D eigenvalue weighted by molar-refractivity contribution is 0.0789. The SMILES string of the molecule is CC(C)CNc1nc(N)c(C(=O)N2CCC(C(C)C)C2)s1. The quantitative estimate of drug-likeness (QED) is 0.877. The van der Waals surface area contributed by atoms with Crippen LogP contribution in [0.5, 0.6) is 0 Å². The molecular formula is C15H26N4OS. The van der Waals surface area contributed by atoms with E-state index in [2.05, 4.69) is 38.0 Å². The molecule has 1 aromatic rings. The molecule has 6 heteroatoms. The van der Waals surface area contributed by atoms with Crippen molar-refractivity contribution in [2.45, 2.75) is 34.1 Å². The van der Waals surface area contributed by atoms with Crippen molar-refractivity contribution < 1.29 is 4.79 Å². The van der Waals surface area contributed by atoms with Gasteiger partial charge in [0, 0.05) is 19.6 Å². The van der Waals surface area contributed by atoms with E-state index < -0.39 is 0 Å². The molecule has 1 saturated heterocycles. The molecule has 0 spiro atoms. The number of hydrogen-bond donors (Lipinski definition) is 2. The Bertz CT molecular complexity index is 498. The molecule has 1 aromatic heterocycles. The molecule has 0 bridgehead atoms. The minimum absolute atomic E-state index is 0.0331. The van der Waals surface area contributed by atoms with Crippen LogP contribution in [0.2, 0.25) is 0 Å². The molecule has 0 radical (unpaired) electrons. The van der Waals surface area contributed by atoms with Gasteiger partial charge >= 0.3 is 0 Å². The van der Waals surface area contributed by atoms with E-state index in [4.69, 9.17) is 5.73 Å². The van der Waals surface area contributed by atoms with Crippen molar-refractivity contribution in [3.8, 4) is 0 Å². The Labute approximate surface area is 130 Å². The number of thiazole rings is 1. The van der Waals surface area contributed by atoms with Crippen molar-refractivity contribution in [3.63, 3.8) is 0 Å². The first-order valence-electron chi connectivity index (χ1n) is 7.68. The summed E-state index contributed by atoms with van der Waals surface area (Å²) in [4.78, 5) is 19.3. The minimum atomic E-state index is 0.0331. The zero-order chi connectivity index (χ0) is 15.6. The van der Waals surface area contributed by atoms with Gasteiger partial charge in [0.25, 0.3) is 5.91 Å². The summed E-state index contributed by atoms with van der Waals surface area (Å²) < 4.78 is 0. The Morgan fingerprint density at radius 1 is 1.48 bits per heavy atom. The average Bonchev–Trinajstić information content (AvgIpc) is 3.02. The first-order chi connectivity index (χ1) is 9.88. The number of nitrogens with two attached hydrogens (primary N) is 1. The topological polar surface area (TPSA) is 71.2 Å². The van der Waals surface area contributed by atoms with E-state index in [0.29, 0.717) is 28.4 Å². The van der Waals surface area contributed by atoms with Crippen molar-refractivity contribution in [1.29, 1.82) is 0 Å². The number of amides is 1. The molecule has 1 aliphatic heterocycles. The third-order valence-electron chi connectivity index (χ3n) is 3.96. The molecule has 2 heterocycles. The predicted octanol–water partition coefficient (Wildman–Crippen LogP) is 2.91. The molecule has 5 nitrogen and oxygen atoms in total. The van der Waals surface area contributed by atoms with E-state index in [1.807, 2.05) is 4.90 Å². The molecule has 0 aliphatic carbocycles. The van der Waals surface area contributed by atoms with E-state index >= 15 is 0 Å². The number of nitrogen functional groups attached to an aromatic ring is 1. The van der Waals surface area contributed by atoms with E-state index in [1.54, 1.807) is 0 Å². The van der Waals surface area contributed by atoms with Crippen LogP contribution in [0.4, 0.5) is 10.9 Å². The number of anilines is 2. The molecular weight excluding hydrogens is 284 g/mol. The Morgan fingerprint density at radius 3 is 2.76 bits per heavy atom. The standard InChI is InChI=1S/C15H26N4OS/c1-9(2)7-17-15-18-13(16)12(21-15)14(20)19-6-5-11(8-19)10(3)4/h9-11H,5-8,16H2,1-4H3,(H,17,18). The van der Waals surface area contributed by atoms with Gasteiger partial charge in [-0.3, -0.25) is 4.79 Å². The summed E-state index contributed by atoms with van der Waals surface area (Å²) in [5, 5.41) is 3.97. The molecule has 2 rings (SSSR count). The number of carbonyl (C=O) groups excluding carboxylic acids is 1. The van der Waals surface area contributed by atoms with E-state index in [9.17, 15) is 4.79 Å². The van der Waals surface area contributed by atoms with Gasteiger partial charge in [-0.1, -0.05) is 39.0 Å². The molecule has 21 heavy (non-hydrogen) atoms. The summed E-state index contributed by atoms with van der Waals surface area (Å²) in [6.45, 7) is 11.2. The maximum absolute atomic E-state index is 12.6. The second kappa shape index (κ2) is 6.64. The smallest absolute Gasteiger partial charge is 0.267 e. The summed E-state index contributed by atoms with van der Waals surface area (Å²) in [6, 6.07) is 0. The first-order valence-corrected chi connectivity index (χ1v) is 8.49. The highest BCUT2D eigenvalue weighted by molar-refractivity contribution is 7.18. The maximum atomic E-state index is 12.6. The highest BCUT2D eigenvalue weighted by atomic mass is 32.1. The minimum Gasteiger partial charge on any atom is -0.382 e. The van der Waals surface area contributed by atoms with Gasteiger partial charge in [-0.05, 0) is 24.2 Å². The van der Waals surface area contributed by atoms with Crippen LogP contribution in [0.15, 0.2) is 0 Å². The van der Waals surface area contributed by atoms with Crippen LogP contribution in [-0.4, -0.2) is 35.4 Å². The van der Waals surface area contributed by atoms with Crippen molar-refractivity contribution in [2.75, 3.05) is 30.7 Å². The number of likely N-dealkylation sites (tertiary alicyclic amines) is 1. The Hall–Kier alpha value is -1.30. The summed E-state index contributed by atoms with van der Waals surface area (Å²) in [7, 11) is 0. The molecule has 3 N–H and O–H groups in total. The number of hydrogen-bond acceptors (Lipinski definition) is 5. The van der Waals surface area contributed by atoms with Gasteiger partial charge < -0.3 is 16.0 Å². The molecule has 1 fully saturated rings. The van der Waals surface area contributed by atoms with Crippen LogP contribution < -0.4 is 11.1 Å². The lowest BCUT2D eigenvalue weighted by Gasteiger charge is -2.17. The molecule has 1 atom stereocenters. The lowest BCUT2D eigenvalue weighted by Crippen LogP contribution is -2.29. The number of nitrogens with one attached hydrogen (secondary N) is 1. The molecule has 1 unspecified atom stereocenters. The predicted molar refractivity (Wildman–Crippen MR) is 88.7 cm³/mol. The zero-order valence-corrected chi connectivity index (χ0v) is 14.2. The zero-order valence-electron chi connectivity index (χ0n) is 13.3. The fourth-order valence-electron chi connectivity index (χ4n) is 2.51. The summed E-state index contributed by atoms with van der Waals surface area (Å²) in [5.41, 5.74) is 5.92. The lowest BCUT2D eigenvalue weighted by atomic mass is 9.95. The van der Waals surface area contributed by atoms with E-state index in [-0.39, 0.29) is 5.91 Å². The normalized spacial score (nSPS) is 18.8. The molecule has 1 amide bonds. The monoisotopic (exact) mass is 310 g/mol. The van der Waals surface area contributed by atoms with E-state index in [1.165, 1.54) is 11.3 Å². The second-order valence-electron chi connectivity index (χ2n) is 6.55. The van der Waals surface area contributed by atoms with Gasteiger partial charge in [0.15, 0.2) is 5.13 Å². The van der Waals surface area contributed by atoms with Gasteiger partial charge in [-0.2, -0.15) is 0 Å². The van der Waals surface area contributed by atoms with Crippen molar-refractivity contribution in [2.24, 2.45) is 17.8 Å². The summed E-state index contributed by atoms with van der Waals surface area (Å²) in [6.07, 6.45) is 1.08. The van der Waals surface area contributed by atoms with Crippen molar-refractivity contribution in [3.05, 3.63) is 4.88 Å². The van der Waals surface area contributed by atoms with Gasteiger partial charge in [-0.25, -0.2) is 4.98 Å². The first kappa shape index (κ1) is 16.1. The molecule has 118 valence electrons. The fourth-order valence-corrected chi connectivity index (χ4v) is 3.37. The molecule has 1 aliphatic rings. The van der Waals surface area contributed by atoms with E-state index in [0.717, 1.165) is 31.2 Å². The highest BCUT2D eigenvalue weighted by Crippen LogP contribution is 2.30. The van der Waals surface area contributed by atoms with Crippen LogP contribution in [0, 0.1) is 17.8 Å². The van der Waals surface area contributed by atoms with Crippen molar-refractivity contribution >= 4 is 28.2 Å². The molecule has 0 saturated carbocycles. The van der Waals surface area contributed by atoms with Crippen LogP contribution >= 0.6 is 11.3 Å². The van der Waals surface area contributed by atoms with Gasteiger partial charge in [0.05, 0.1) is 0 Å². The Kier molecular flexibility index (Phi) is 5.08. The average molecular weight is 310 g/mol.